The maximum Gasteiger partial charge on any atom is 0.210 e. The van der Waals surface area contributed by atoms with Gasteiger partial charge in [-0.25, -0.2) is 13.6 Å². The molecule has 60 valence electrons. The Kier molecular flexibility index (Phi) is 3.31. The van der Waals surface area contributed by atoms with Gasteiger partial charge in [0.15, 0.2) is 0 Å². The quantitative estimate of drug-likeness (QED) is 0.399. The number of primary sulfonamides is 1. The summed E-state index contributed by atoms with van der Waals surface area (Å²) >= 11 is 0. The average Bonchev–Trinajstić information content (AvgIpc) is 1.59. The van der Waals surface area contributed by atoms with Crippen LogP contribution in [-0.2, 0) is 10.0 Å². The third kappa shape index (κ3) is 7.38. The number of hydrogen-bond acceptors (Lipinski definition) is 3. The van der Waals surface area contributed by atoms with Crippen molar-refractivity contribution in [3.05, 3.63) is 0 Å². The van der Waals surface area contributed by atoms with Crippen molar-refractivity contribution in [2.45, 2.75) is 6.92 Å². The molecule has 0 aromatic heterocycles. The van der Waals surface area contributed by atoms with Gasteiger partial charge in [0.25, 0.3) is 0 Å². The monoisotopic (exact) mass is 165 g/mol. The van der Waals surface area contributed by atoms with Crippen LogP contribution in [0.4, 0.5) is 0 Å². The highest BCUT2D eigenvalue weighted by molar-refractivity contribution is 7.89. The molecule has 10 heavy (non-hydrogen) atoms. The van der Waals surface area contributed by atoms with Crippen molar-refractivity contribution in [1.29, 1.82) is 0 Å². The van der Waals surface area contributed by atoms with Gasteiger partial charge in [-0.1, -0.05) is 0 Å². The van der Waals surface area contributed by atoms with Crippen molar-refractivity contribution in [1.82, 2.24) is 0 Å². The molecule has 0 rings (SSSR count). The molecule has 0 amide bonds. The predicted octanol–water partition coefficient (Wildman–Crippen LogP) is -1.35. The van der Waals surface area contributed by atoms with Crippen LogP contribution in [-0.4, -0.2) is 26.6 Å². The van der Waals surface area contributed by atoms with E-state index in [0.29, 0.717) is 5.84 Å². The van der Waals surface area contributed by atoms with Crippen LogP contribution in [0, 0.1) is 0 Å². The Bertz CT molecular complexity index is 215. The summed E-state index contributed by atoms with van der Waals surface area (Å²) in [5.41, 5.74) is 5.14. The van der Waals surface area contributed by atoms with Crippen molar-refractivity contribution in [2.75, 3.05) is 12.3 Å². The molecule has 0 aliphatic heterocycles. The Morgan fingerprint density at radius 2 is 2.10 bits per heavy atom. The number of nitrogens with two attached hydrogens (primary N) is 2. The summed E-state index contributed by atoms with van der Waals surface area (Å²) in [5.74, 6) is 0.213. The number of aliphatic imine (C=N–C) groups is 1. The van der Waals surface area contributed by atoms with Gasteiger partial charge >= 0.3 is 0 Å². The normalized spacial score (nSPS) is 13.6. The second kappa shape index (κ2) is 3.52. The lowest BCUT2D eigenvalue weighted by atomic mass is 10.7. The Hall–Kier alpha value is -0.620. The fourth-order valence-corrected chi connectivity index (χ4v) is 0.695. The van der Waals surface area contributed by atoms with Gasteiger partial charge in [0, 0.05) is 0 Å². The summed E-state index contributed by atoms with van der Waals surface area (Å²) in [6.45, 7) is 1.73. The average molecular weight is 165 g/mol. The summed E-state index contributed by atoms with van der Waals surface area (Å²) in [6, 6.07) is 0. The highest BCUT2D eigenvalue weighted by atomic mass is 32.2. The van der Waals surface area contributed by atoms with Gasteiger partial charge in [-0.3, -0.25) is 4.99 Å². The second-order valence-corrected chi connectivity index (χ2v) is 3.62. The summed E-state index contributed by atoms with van der Waals surface area (Å²) < 4.78 is 20.6. The lowest BCUT2D eigenvalue weighted by Gasteiger charge is -1.92. The van der Waals surface area contributed by atoms with Crippen molar-refractivity contribution < 1.29 is 8.42 Å². The lowest BCUT2D eigenvalue weighted by Crippen LogP contribution is -2.19. The molecule has 0 heterocycles. The van der Waals surface area contributed by atoms with Crippen LogP contribution in [0.3, 0.4) is 0 Å². The van der Waals surface area contributed by atoms with Gasteiger partial charge in [-0.15, -0.1) is 0 Å². The molecule has 6 heteroatoms. The number of sulfonamides is 1. The molecule has 0 radical (unpaired) electrons. The maximum atomic E-state index is 10.3. The van der Waals surface area contributed by atoms with E-state index in [9.17, 15) is 8.42 Å². The highest BCUT2D eigenvalue weighted by Gasteiger charge is 1.99. The fourth-order valence-electron chi connectivity index (χ4n) is 0.349. The van der Waals surface area contributed by atoms with E-state index in [1.807, 2.05) is 0 Å². The standard InChI is InChI=1S/C4H11N3O2S/c1-4(5)7-2-3-10(6,8)9/h2-3H2,1H3,(H2,5,7)(H2,6,8,9). The molecule has 0 spiro atoms. The maximum absolute atomic E-state index is 10.3. The van der Waals surface area contributed by atoms with Crippen molar-refractivity contribution in [2.24, 2.45) is 15.9 Å². The van der Waals surface area contributed by atoms with Gasteiger partial charge < -0.3 is 5.73 Å². The smallest absolute Gasteiger partial charge is 0.210 e. The van der Waals surface area contributed by atoms with E-state index in [1.165, 1.54) is 0 Å². The van der Waals surface area contributed by atoms with Crippen molar-refractivity contribution in [3.63, 3.8) is 0 Å². The van der Waals surface area contributed by atoms with E-state index in [2.05, 4.69) is 10.1 Å². The van der Waals surface area contributed by atoms with Crippen molar-refractivity contribution in [3.8, 4) is 0 Å². The molecule has 0 atom stereocenters. The molecule has 0 aromatic carbocycles. The molecule has 0 unspecified atom stereocenters. The Labute approximate surface area is 60.2 Å². The molecule has 0 bridgehead atoms. The first-order valence-corrected chi connectivity index (χ1v) is 4.40. The first-order valence-electron chi connectivity index (χ1n) is 2.69. The van der Waals surface area contributed by atoms with Gasteiger partial charge in [0.1, 0.15) is 0 Å². The fraction of sp³-hybridized carbons (Fsp3) is 0.750. The first kappa shape index (κ1) is 9.38. The van der Waals surface area contributed by atoms with E-state index >= 15 is 0 Å². The van der Waals surface area contributed by atoms with E-state index in [4.69, 9.17) is 5.73 Å². The predicted molar refractivity (Wildman–Crippen MR) is 40.1 cm³/mol. The first-order chi connectivity index (χ1) is 4.42. The van der Waals surface area contributed by atoms with Crippen LogP contribution >= 0.6 is 0 Å². The number of rotatable bonds is 3. The van der Waals surface area contributed by atoms with Gasteiger partial charge in [-0.05, 0) is 6.92 Å². The van der Waals surface area contributed by atoms with Crippen LogP contribution in [0.1, 0.15) is 6.92 Å². The summed E-state index contributed by atoms with van der Waals surface area (Å²) in [5, 5.41) is 4.68. The third-order valence-corrected chi connectivity index (χ3v) is 1.49. The highest BCUT2D eigenvalue weighted by Crippen LogP contribution is 1.78. The number of amidine groups is 1. The van der Waals surface area contributed by atoms with Gasteiger partial charge in [0.2, 0.25) is 10.0 Å². The van der Waals surface area contributed by atoms with E-state index in [0.717, 1.165) is 0 Å². The zero-order valence-corrected chi connectivity index (χ0v) is 6.56. The van der Waals surface area contributed by atoms with Crippen molar-refractivity contribution >= 4 is 15.9 Å². The molecule has 0 aromatic rings. The zero-order valence-electron chi connectivity index (χ0n) is 5.74. The minimum Gasteiger partial charge on any atom is -0.388 e. The van der Waals surface area contributed by atoms with Crippen LogP contribution in [0.15, 0.2) is 4.99 Å². The summed E-state index contributed by atoms with van der Waals surface area (Å²) in [7, 11) is -3.38. The lowest BCUT2D eigenvalue weighted by molar-refractivity contribution is 0.597. The molecule has 5 nitrogen and oxygen atoms in total. The molecule has 0 aliphatic carbocycles. The van der Waals surface area contributed by atoms with Crippen LogP contribution < -0.4 is 10.9 Å². The Morgan fingerprint density at radius 1 is 1.60 bits per heavy atom. The number of nitrogens with zero attached hydrogens (tertiary/aromatic N) is 1. The van der Waals surface area contributed by atoms with Gasteiger partial charge in [0.05, 0.1) is 18.1 Å². The van der Waals surface area contributed by atoms with Crippen LogP contribution in [0.2, 0.25) is 0 Å². The Morgan fingerprint density at radius 3 is 2.40 bits per heavy atom. The van der Waals surface area contributed by atoms with E-state index in [1.54, 1.807) is 6.92 Å². The molecular weight excluding hydrogens is 154 g/mol. The third-order valence-electron chi connectivity index (χ3n) is 0.737. The molecule has 0 fully saturated rings. The minimum absolute atomic E-state index is 0.140. The Balaban J connectivity index is 3.69. The summed E-state index contributed by atoms with van der Waals surface area (Å²) in [6.07, 6.45) is 0. The van der Waals surface area contributed by atoms with Crippen LogP contribution in [0.25, 0.3) is 0 Å². The molecule has 0 saturated heterocycles. The molecule has 4 N–H and O–H groups in total. The number of hydrogen-bond donors (Lipinski definition) is 2. The van der Waals surface area contributed by atoms with Gasteiger partial charge in [-0.2, -0.15) is 0 Å². The second-order valence-electron chi connectivity index (χ2n) is 1.89. The molecular formula is C4H11N3O2S. The van der Waals surface area contributed by atoms with E-state index < -0.39 is 10.0 Å². The molecule has 0 aliphatic rings. The van der Waals surface area contributed by atoms with Crippen LogP contribution in [0.5, 0.6) is 0 Å². The van der Waals surface area contributed by atoms with E-state index in [-0.39, 0.29) is 12.3 Å². The minimum atomic E-state index is -3.38. The topological polar surface area (TPSA) is 98.5 Å². The summed E-state index contributed by atoms with van der Waals surface area (Å²) in [4.78, 5) is 3.65. The zero-order chi connectivity index (χ0) is 8.20. The largest absolute Gasteiger partial charge is 0.388 e. The molecule has 0 saturated carbocycles. The SMILES string of the molecule is CC(N)=NCCS(N)(=O)=O.